The summed E-state index contributed by atoms with van der Waals surface area (Å²) >= 11 is 1.92. The number of aromatic nitrogens is 4. The summed E-state index contributed by atoms with van der Waals surface area (Å²) in [6, 6.07) is 0.253. The summed E-state index contributed by atoms with van der Waals surface area (Å²) in [6.45, 7) is 4.29. The van der Waals surface area contributed by atoms with Gasteiger partial charge in [0.1, 0.15) is 6.33 Å². The molecular formula is C12H19N5OS. The Kier molecular flexibility index (Phi) is 4.47. The number of anilines is 1. The molecule has 0 aliphatic rings. The van der Waals surface area contributed by atoms with Gasteiger partial charge >= 0.3 is 0 Å². The van der Waals surface area contributed by atoms with Crippen LogP contribution in [0.3, 0.4) is 0 Å². The van der Waals surface area contributed by atoms with Gasteiger partial charge < -0.3 is 10.5 Å². The minimum atomic E-state index is 0.253. The first kappa shape index (κ1) is 13.9. The van der Waals surface area contributed by atoms with Crippen molar-refractivity contribution >= 4 is 28.9 Å². The fraction of sp³-hybridized carbons (Fsp3) is 0.583. The van der Waals surface area contributed by atoms with Crippen LogP contribution in [-0.2, 0) is 0 Å². The summed E-state index contributed by atoms with van der Waals surface area (Å²) in [7, 11) is 1.57. The van der Waals surface area contributed by atoms with Crippen molar-refractivity contribution in [3.8, 4) is 5.88 Å². The van der Waals surface area contributed by atoms with Gasteiger partial charge in [0.2, 0.25) is 11.8 Å². The van der Waals surface area contributed by atoms with Crippen molar-refractivity contribution in [2.45, 2.75) is 26.3 Å². The second kappa shape index (κ2) is 6.10. The predicted molar refractivity (Wildman–Crippen MR) is 78.6 cm³/mol. The van der Waals surface area contributed by atoms with Crippen LogP contribution in [0.25, 0.3) is 11.2 Å². The van der Waals surface area contributed by atoms with Gasteiger partial charge in [-0.15, -0.1) is 0 Å². The fourth-order valence-electron chi connectivity index (χ4n) is 2.02. The van der Waals surface area contributed by atoms with E-state index in [9.17, 15) is 0 Å². The molecule has 2 N–H and O–H groups in total. The van der Waals surface area contributed by atoms with E-state index in [2.05, 4.69) is 28.8 Å². The second-order valence-corrected chi connectivity index (χ2v) is 5.62. The molecule has 19 heavy (non-hydrogen) atoms. The lowest BCUT2D eigenvalue weighted by atomic mass is 10.2. The number of thioether (sulfide) groups is 1. The molecular weight excluding hydrogens is 262 g/mol. The number of methoxy groups -OCH3 is 1. The minimum Gasteiger partial charge on any atom is -0.479 e. The lowest BCUT2D eigenvalue weighted by Gasteiger charge is -2.14. The van der Waals surface area contributed by atoms with Crippen molar-refractivity contribution in [2.75, 3.05) is 24.3 Å². The zero-order valence-electron chi connectivity index (χ0n) is 11.5. The van der Waals surface area contributed by atoms with E-state index in [4.69, 9.17) is 10.5 Å². The van der Waals surface area contributed by atoms with Crippen molar-refractivity contribution in [1.82, 2.24) is 19.5 Å². The van der Waals surface area contributed by atoms with Crippen LogP contribution in [0.15, 0.2) is 6.33 Å². The lowest BCUT2D eigenvalue weighted by Crippen LogP contribution is -2.10. The van der Waals surface area contributed by atoms with Gasteiger partial charge in [0.15, 0.2) is 11.2 Å². The van der Waals surface area contributed by atoms with E-state index in [-0.39, 0.29) is 6.04 Å². The second-order valence-electron chi connectivity index (χ2n) is 4.23. The van der Waals surface area contributed by atoms with Gasteiger partial charge in [0.05, 0.1) is 7.11 Å². The number of imidazole rings is 1. The number of ether oxygens (including phenoxy) is 1. The van der Waals surface area contributed by atoms with E-state index >= 15 is 0 Å². The Bertz CT molecular complexity index is 556. The maximum Gasteiger partial charge on any atom is 0.245 e. The number of hydrogen-bond acceptors (Lipinski definition) is 6. The summed E-state index contributed by atoms with van der Waals surface area (Å²) in [5.74, 6) is 3.15. The summed E-state index contributed by atoms with van der Waals surface area (Å²) < 4.78 is 7.14. The van der Waals surface area contributed by atoms with Crippen LogP contribution in [0, 0.1) is 0 Å². The van der Waals surface area contributed by atoms with Gasteiger partial charge in [-0.3, -0.25) is 4.57 Å². The number of nitrogen functional groups attached to an aromatic ring is 1. The van der Waals surface area contributed by atoms with Crippen LogP contribution in [0.5, 0.6) is 5.88 Å². The van der Waals surface area contributed by atoms with Gasteiger partial charge in [0.25, 0.3) is 0 Å². The molecule has 0 aliphatic heterocycles. The molecule has 0 fully saturated rings. The number of nitrogens with two attached hydrogens (primary N) is 1. The molecule has 0 saturated heterocycles. The largest absolute Gasteiger partial charge is 0.479 e. The predicted octanol–water partition coefficient (Wildman–Crippen LogP) is 2.12. The van der Waals surface area contributed by atoms with Gasteiger partial charge in [-0.25, -0.2) is 9.97 Å². The molecule has 7 heteroatoms. The molecule has 1 atom stereocenters. The first-order valence-electron chi connectivity index (χ1n) is 6.29. The van der Waals surface area contributed by atoms with Crippen LogP contribution >= 0.6 is 11.8 Å². The Morgan fingerprint density at radius 1 is 1.47 bits per heavy atom. The first-order valence-corrected chi connectivity index (χ1v) is 7.44. The quantitative estimate of drug-likeness (QED) is 0.817. The van der Waals surface area contributed by atoms with E-state index < -0.39 is 0 Å². The van der Waals surface area contributed by atoms with Crippen LogP contribution in [-0.4, -0.2) is 38.1 Å². The maximum atomic E-state index is 6.00. The summed E-state index contributed by atoms with van der Waals surface area (Å²) in [6.07, 6.45) is 2.51. The molecule has 0 aromatic carbocycles. The molecule has 104 valence electrons. The monoisotopic (exact) mass is 281 g/mol. The number of nitrogens with zero attached hydrogens (tertiary/aromatic N) is 4. The van der Waals surface area contributed by atoms with E-state index in [1.807, 2.05) is 16.3 Å². The minimum absolute atomic E-state index is 0.253. The van der Waals surface area contributed by atoms with Crippen LogP contribution in [0.4, 0.5) is 5.95 Å². The van der Waals surface area contributed by atoms with Gasteiger partial charge in [0, 0.05) is 6.04 Å². The molecule has 6 nitrogen and oxygen atoms in total. The summed E-state index contributed by atoms with van der Waals surface area (Å²) in [5, 5.41) is 0. The van der Waals surface area contributed by atoms with Crippen molar-refractivity contribution < 1.29 is 4.74 Å². The topological polar surface area (TPSA) is 78.9 Å². The molecule has 0 saturated carbocycles. The average Bonchev–Trinajstić information content (AvgIpc) is 2.74. The zero-order valence-corrected chi connectivity index (χ0v) is 12.3. The third-order valence-corrected chi connectivity index (χ3v) is 3.92. The van der Waals surface area contributed by atoms with E-state index in [1.165, 1.54) is 6.33 Å². The Labute approximate surface area is 116 Å². The number of fused-ring (bicyclic) bond motifs is 1. The van der Waals surface area contributed by atoms with Crippen molar-refractivity contribution in [1.29, 1.82) is 0 Å². The smallest absolute Gasteiger partial charge is 0.245 e. The molecule has 2 rings (SSSR count). The molecule has 0 aliphatic carbocycles. The Morgan fingerprint density at radius 3 is 2.95 bits per heavy atom. The molecule has 2 heterocycles. The molecule has 0 bridgehead atoms. The first-order chi connectivity index (χ1) is 9.19. The summed E-state index contributed by atoms with van der Waals surface area (Å²) in [5.41, 5.74) is 7.36. The Morgan fingerprint density at radius 2 is 2.26 bits per heavy atom. The average molecular weight is 281 g/mol. The highest BCUT2D eigenvalue weighted by Gasteiger charge is 2.18. The van der Waals surface area contributed by atoms with E-state index in [0.717, 1.165) is 23.6 Å². The Balaban J connectivity index is 2.34. The molecule has 1 unspecified atom stereocenters. The molecule has 0 amide bonds. The molecule has 2 aromatic heterocycles. The van der Waals surface area contributed by atoms with Crippen molar-refractivity contribution in [3.63, 3.8) is 0 Å². The third kappa shape index (κ3) is 2.75. The zero-order chi connectivity index (χ0) is 13.8. The Hall–Kier alpha value is -1.50. The fourth-order valence-corrected chi connectivity index (χ4v) is 2.81. The van der Waals surface area contributed by atoms with E-state index in [0.29, 0.717) is 17.3 Å². The van der Waals surface area contributed by atoms with Gasteiger partial charge in [-0.1, -0.05) is 6.92 Å². The molecule has 0 radical (unpaired) electrons. The van der Waals surface area contributed by atoms with Crippen LogP contribution in [0.2, 0.25) is 0 Å². The third-order valence-electron chi connectivity index (χ3n) is 2.99. The highest BCUT2D eigenvalue weighted by Crippen LogP contribution is 2.27. The lowest BCUT2D eigenvalue weighted by molar-refractivity contribution is 0.401. The maximum absolute atomic E-state index is 6.00. The van der Waals surface area contributed by atoms with Crippen molar-refractivity contribution in [2.24, 2.45) is 0 Å². The van der Waals surface area contributed by atoms with E-state index in [1.54, 1.807) is 7.11 Å². The van der Waals surface area contributed by atoms with Gasteiger partial charge in [-0.05, 0) is 24.9 Å². The van der Waals surface area contributed by atoms with Crippen LogP contribution < -0.4 is 10.5 Å². The number of hydrogen-bond donors (Lipinski definition) is 1. The van der Waals surface area contributed by atoms with Crippen LogP contribution in [0.1, 0.15) is 26.3 Å². The summed E-state index contributed by atoms with van der Waals surface area (Å²) in [4.78, 5) is 12.6. The standard InChI is InChI=1S/C12H19N5OS/c1-4-19-6-5-8(2)17-10-9(16-12(17)13)11(18-3)15-7-14-10/h7-8H,4-6H2,1-3H3,(H2,13,16). The molecule has 0 spiro atoms. The highest BCUT2D eigenvalue weighted by molar-refractivity contribution is 7.99. The van der Waals surface area contributed by atoms with Gasteiger partial charge in [-0.2, -0.15) is 16.7 Å². The number of rotatable bonds is 6. The highest BCUT2D eigenvalue weighted by atomic mass is 32.2. The SMILES string of the molecule is CCSCCC(C)n1c(N)nc2c(OC)ncnc21. The molecule has 2 aromatic rings. The normalized spacial score (nSPS) is 12.8. The van der Waals surface area contributed by atoms with Crippen molar-refractivity contribution in [3.05, 3.63) is 6.33 Å².